The third-order valence-electron chi connectivity index (χ3n) is 2.52. The molecule has 1 heterocycles. The highest BCUT2D eigenvalue weighted by Crippen LogP contribution is 2.08. The van der Waals surface area contributed by atoms with Crippen molar-refractivity contribution in [3.05, 3.63) is 44.6 Å². The van der Waals surface area contributed by atoms with Crippen LogP contribution in [0, 0.1) is 0 Å². The van der Waals surface area contributed by atoms with Gasteiger partial charge in [0.15, 0.2) is 0 Å². The lowest BCUT2D eigenvalue weighted by Gasteiger charge is -2.04. The molecule has 0 bridgehead atoms. The summed E-state index contributed by atoms with van der Waals surface area (Å²) >= 11 is 0. The van der Waals surface area contributed by atoms with Crippen LogP contribution in [0.1, 0.15) is 10.4 Å². The minimum atomic E-state index is -1.32. The van der Waals surface area contributed by atoms with Crippen LogP contribution in [0.15, 0.2) is 27.8 Å². The number of hydrogen-bond acceptors (Lipinski definition) is 4. The maximum atomic E-state index is 11.9. The molecule has 98 valence electrons. The number of aromatic amines is 1. The number of carbonyl (C=O) groups is 2. The molecule has 0 atom stereocenters. The Morgan fingerprint density at radius 1 is 1.21 bits per heavy atom. The number of aromatic nitrogens is 2. The van der Waals surface area contributed by atoms with Crippen LogP contribution < -0.4 is 11.2 Å². The van der Waals surface area contributed by atoms with Crippen molar-refractivity contribution < 1.29 is 19.8 Å². The van der Waals surface area contributed by atoms with Crippen molar-refractivity contribution in [2.75, 3.05) is 0 Å². The van der Waals surface area contributed by atoms with Gasteiger partial charge in [-0.15, -0.1) is 0 Å². The van der Waals surface area contributed by atoms with Crippen LogP contribution in [0.3, 0.4) is 0 Å². The molecule has 0 radical (unpaired) electrons. The first-order valence-electron chi connectivity index (χ1n) is 5.12. The van der Waals surface area contributed by atoms with Crippen molar-refractivity contribution in [2.45, 2.75) is 6.54 Å². The van der Waals surface area contributed by atoms with Gasteiger partial charge in [0.2, 0.25) is 0 Å². The first-order chi connectivity index (χ1) is 8.90. The molecular weight excluding hydrogens is 256 g/mol. The summed E-state index contributed by atoms with van der Waals surface area (Å²) in [5.74, 6) is -2.52. The predicted octanol–water partition coefficient (Wildman–Crippen LogP) is -0.527. The number of fused-ring (bicyclic) bond motifs is 1. The average molecular weight is 264 g/mol. The van der Waals surface area contributed by atoms with E-state index in [1.54, 1.807) is 0 Å². The minimum Gasteiger partial charge on any atom is -0.480 e. The zero-order chi connectivity index (χ0) is 14.2. The van der Waals surface area contributed by atoms with Gasteiger partial charge in [-0.2, -0.15) is 0 Å². The Hall–Kier alpha value is -2.90. The molecule has 8 nitrogen and oxygen atoms in total. The van der Waals surface area contributed by atoms with Crippen molar-refractivity contribution in [1.82, 2.24) is 9.55 Å². The second-order valence-corrected chi connectivity index (χ2v) is 3.78. The second kappa shape index (κ2) is 4.41. The highest BCUT2D eigenvalue weighted by atomic mass is 16.4. The topological polar surface area (TPSA) is 129 Å². The molecule has 0 amide bonds. The number of H-pyrrole nitrogens is 1. The standard InChI is InChI=1S/C11H8N2O6/c14-8(15)4-13-9(16)6-2-1-5(10(17)18)3-7(6)12-11(13)19/h1-3H,4H2,(H,12,19)(H,14,15)(H,17,18). The van der Waals surface area contributed by atoms with Gasteiger partial charge in [0.05, 0.1) is 16.5 Å². The number of carboxylic acids is 2. The van der Waals surface area contributed by atoms with Gasteiger partial charge in [0.1, 0.15) is 6.54 Å². The van der Waals surface area contributed by atoms with Gasteiger partial charge in [0, 0.05) is 0 Å². The fourth-order valence-corrected chi connectivity index (χ4v) is 1.67. The second-order valence-electron chi connectivity index (χ2n) is 3.78. The molecule has 2 aromatic rings. The third kappa shape index (κ3) is 2.23. The number of carboxylic acid groups (broad SMARTS) is 2. The molecule has 0 unspecified atom stereocenters. The van der Waals surface area contributed by atoms with E-state index in [0.717, 1.165) is 6.07 Å². The number of benzene rings is 1. The molecular formula is C11H8N2O6. The molecule has 0 spiro atoms. The summed E-state index contributed by atoms with van der Waals surface area (Å²) in [6.07, 6.45) is 0. The van der Waals surface area contributed by atoms with Crippen LogP contribution in [-0.4, -0.2) is 31.7 Å². The molecule has 0 aliphatic rings. The van der Waals surface area contributed by atoms with Crippen molar-refractivity contribution in [3.63, 3.8) is 0 Å². The summed E-state index contributed by atoms with van der Waals surface area (Å²) < 4.78 is 0.533. The number of aliphatic carboxylic acids is 1. The molecule has 0 fully saturated rings. The normalized spacial score (nSPS) is 10.5. The molecule has 2 rings (SSSR count). The van der Waals surface area contributed by atoms with Crippen molar-refractivity contribution in [1.29, 1.82) is 0 Å². The monoisotopic (exact) mass is 264 g/mol. The Morgan fingerprint density at radius 2 is 1.89 bits per heavy atom. The lowest BCUT2D eigenvalue weighted by molar-refractivity contribution is -0.137. The van der Waals surface area contributed by atoms with Gasteiger partial charge in [-0.1, -0.05) is 0 Å². The maximum Gasteiger partial charge on any atom is 0.335 e. The summed E-state index contributed by atoms with van der Waals surface area (Å²) in [5, 5.41) is 17.5. The van der Waals surface area contributed by atoms with Gasteiger partial charge < -0.3 is 15.2 Å². The molecule has 19 heavy (non-hydrogen) atoms. The molecule has 0 aliphatic carbocycles. The van der Waals surface area contributed by atoms with Gasteiger partial charge >= 0.3 is 17.6 Å². The Bertz CT molecular complexity index is 801. The van der Waals surface area contributed by atoms with Crippen LogP contribution in [0.2, 0.25) is 0 Å². The average Bonchev–Trinajstić information content (AvgIpc) is 2.33. The van der Waals surface area contributed by atoms with Gasteiger partial charge in [-0.25, -0.2) is 14.2 Å². The van der Waals surface area contributed by atoms with E-state index in [1.165, 1.54) is 12.1 Å². The molecule has 3 N–H and O–H groups in total. The summed E-state index contributed by atoms with van der Waals surface area (Å²) in [6.45, 7) is -0.759. The summed E-state index contributed by atoms with van der Waals surface area (Å²) in [7, 11) is 0. The first kappa shape index (κ1) is 12.6. The largest absolute Gasteiger partial charge is 0.480 e. The summed E-state index contributed by atoms with van der Waals surface area (Å²) in [4.78, 5) is 47.1. The first-order valence-corrected chi connectivity index (χ1v) is 5.12. The predicted molar refractivity (Wildman–Crippen MR) is 63.4 cm³/mol. The van der Waals surface area contributed by atoms with Crippen LogP contribution in [0.25, 0.3) is 10.9 Å². The van der Waals surface area contributed by atoms with Crippen LogP contribution in [0.4, 0.5) is 0 Å². The van der Waals surface area contributed by atoms with E-state index in [2.05, 4.69) is 4.98 Å². The van der Waals surface area contributed by atoms with Gasteiger partial charge in [-0.3, -0.25) is 9.59 Å². The zero-order valence-corrected chi connectivity index (χ0v) is 9.41. The van der Waals surface area contributed by atoms with E-state index in [0.29, 0.717) is 4.57 Å². The van der Waals surface area contributed by atoms with Gasteiger partial charge in [-0.05, 0) is 18.2 Å². The summed E-state index contributed by atoms with van der Waals surface area (Å²) in [6, 6.07) is 3.58. The lowest BCUT2D eigenvalue weighted by Crippen LogP contribution is -2.37. The Balaban J connectivity index is 2.77. The molecule has 1 aromatic carbocycles. The Morgan fingerprint density at radius 3 is 2.47 bits per heavy atom. The highest BCUT2D eigenvalue weighted by Gasteiger charge is 2.12. The smallest absolute Gasteiger partial charge is 0.335 e. The Labute approximate surface area is 104 Å². The third-order valence-corrected chi connectivity index (χ3v) is 2.52. The van der Waals surface area contributed by atoms with Crippen LogP contribution >= 0.6 is 0 Å². The zero-order valence-electron chi connectivity index (χ0n) is 9.41. The molecule has 0 saturated carbocycles. The highest BCUT2D eigenvalue weighted by molar-refractivity contribution is 5.92. The van der Waals surface area contributed by atoms with Gasteiger partial charge in [0.25, 0.3) is 5.56 Å². The van der Waals surface area contributed by atoms with Crippen LogP contribution in [-0.2, 0) is 11.3 Å². The SMILES string of the molecule is O=C(O)Cn1c(=O)[nH]c2cc(C(=O)O)ccc2c1=O. The fraction of sp³-hybridized carbons (Fsp3) is 0.0909. The molecule has 1 aromatic heterocycles. The lowest BCUT2D eigenvalue weighted by atomic mass is 10.1. The maximum absolute atomic E-state index is 11.9. The van der Waals surface area contributed by atoms with E-state index in [1.807, 2.05) is 0 Å². The van der Waals surface area contributed by atoms with Crippen molar-refractivity contribution in [2.24, 2.45) is 0 Å². The summed E-state index contributed by atoms with van der Waals surface area (Å²) in [5.41, 5.74) is -1.71. The minimum absolute atomic E-state index is 0.0471. The molecule has 0 saturated heterocycles. The van der Waals surface area contributed by atoms with E-state index in [-0.39, 0.29) is 16.5 Å². The van der Waals surface area contributed by atoms with E-state index in [9.17, 15) is 19.2 Å². The van der Waals surface area contributed by atoms with Crippen molar-refractivity contribution >= 4 is 22.8 Å². The number of aromatic carboxylic acids is 1. The van der Waals surface area contributed by atoms with E-state index >= 15 is 0 Å². The number of rotatable bonds is 3. The number of nitrogens with zero attached hydrogens (tertiary/aromatic N) is 1. The molecule has 0 aliphatic heterocycles. The van der Waals surface area contributed by atoms with E-state index in [4.69, 9.17) is 10.2 Å². The fourth-order valence-electron chi connectivity index (χ4n) is 1.67. The molecule has 8 heteroatoms. The number of nitrogens with one attached hydrogen (secondary N) is 1. The Kier molecular flexibility index (Phi) is 2.91. The van der Waals surface area contributed by atoms with Crippen molar-refractivity contribution in [3.8, 4) is 0 Å². The van der Waals surface area contributed by atoms with Crippen LogP contribution in [0.5, 0.6) is 0 Å². The number of hydrogen-bond donors (Lipinski definition) is 3. The quantitative estimate of drug-likeness (QED) is 0.683. The van der Waals surface area contributed by atoms with E-state index < -0.39 is 29.7 Å².